The van der Waals surface area contributed by atoms with Crippen molar-refractivity contribution in [1.82, 2.24) is 5.32 Å². The Morgan fingerprint density at radius 3 is 2.58 bits per heavy atom. The third-order valence-electron chi connectivity index (χ3n) is 3.64. The van der Waals surface area contributed by atoms with E-state index in [-0.39, 0.29) is 11.7 Å². The van der Waals surface area contributed by atoms with Gasteiger partial charge in [-0.2, -0.15) is 0 Å². The largest absolute Gasteiger partial charge is 0.481 e. The number of carbonyl (C=O) groups is 1. The van der Waals surface area contributed by atoms with E-state index >= 15 is 0 Å². The molecule has 24 heavy (non-hydrogen) atoms. The molecule has 0 spiro atoms. The number of aryl methyl sites for hydroxylation is 1. The number of benzene rings is 2. The van der Waals surface area contributed by atoms with E-state index in [0.29, 0.717) is 18.7 Å². The molecule has 3 nitrogen and oxygen atoms in total. The second-order valence-electron chi connectivity index (χ2n) is 5.45. The third-order valence-corrected chi connectivity index (χ3v) is 4.00. The van der Waals surface area contributed by atoms with E-state index in [1.54, 1.807) is 0 Å². The van der Waals surface area contributed by atoms with Crippen molar-refractivity contribution >= 4 is 17.5 Å². The van der Waals surface area contributed by atoms with Crippen molar-refractivity contribution in [3.8, 4) is 5.75 Å². The van der Waals surface area contributed by atoms with Crippen molar-refractivity contribution < 1.29 is 13.9 Å². The van der Waals surface area contributed by atoms with Crippen LogP contribution < -0.4 is 10.1 Å². The molecule has 0 radical (unpaired) electrons. The summed E-state index contributed by atoms with van der Waals surface area (Å²) < 4.78 is 18.5. The molecule has 0 fully saturated rings. The van der Waals surface area contributed by atoms with Crippen LogP contribution in [0.2, 0.25) is 5.02 Å². The average Bonchev–Trinajstić information content (AvgIpc) is 2.59. The van der Waals surface area contributed by atoms with Gasteiger partial charge in [0.1, 0.15) is 11.6 Å². The molecule has 2 aromatic rings. The molecule has 0 bridgehead atoms. The molecule has 0 heterocycles. The molecular weight excluding hydrogens is 329 g/mol. The smallest absolute Gasteiger partial charge is 0.261 e. The molecule has 1 amide bonds. The molecule has 0 unspecified atom stereocenters. The summed E-state index contributed by atoms with van der Waals surface area (Å²) in [5.41, 5.74) is 1.07. The molecule has 0 aliphatic rings. The number of ether oxygens (including phenoxy) is 1. The summed E-state index contributed by atoms with van der Waals surface area (Å²) >= 11 is 6.11. The number of amides is 1. The van der Waals surface area contributed by atoms with E-state index < -0.39 is 6.10 Å². The van der Waals surface area contributed by atoms with E-state index in [1.807, 2.05) is 31.2 Å². The lowest BCUT2D eigenvalue weighted by atomic mass is 10.1. The molecule has 0 aliphatic heterocycles. The molecule has 2 rings (SSSR count). The molecule has 0 aliphatic carbocycles. The summed E-state index contributed by atoms with van der Waals surface area (Å²) in [5.74, 6) is -0.0186. The number of rotatable bonds is 8. The molecule has 1 N–H and O–H groups in total. The van der Waals surface area contributed by atoms with Gasteiger partial charge in [-0.25, -0.2) is 4.39 Å². The minimum atomic E-state index is -0.587. The number of nitrogens with one attached hydrogen (secondary N) is 1. The van der Waals surface area contributed by atoms with Crippen LogP contribution in [0.3, 0.4) is 0 Å². The highest BCUT2D eigenvalue weighted by molar-refractivity contribution is 6.31. The summed E-state index contributed by atoms with van der Waals surface area (Å²) in [6.07, 6.45) is 1.54. The van der Waals surface area contributed by atoms with Crippen LogP contribution in [0, 0.1) is 5.82 Å². The van der Waals surface area contributed by atoms with Gasteiger partial charge in [0, 0.05) is 11.6 Å². The zero-order chi connectivity index (χ0) is 17.4. The van der Waals surface area contributed by atoms with Crippen LogP contribution in [0.25, 0.3) is 0 Å². The maximum atomic E-state index is 12.9. The van der Waals surface area contributed by atoms with Gasteiger partial charge in [-0.3, -0.25) is 4.79 Å². The highest BCUT2D eigenvalue weighted by atomic mass is 35.5. The minimum absolute atomic E-state index is 0.166. The first-order chi connectivity index (χ1) is 11.6. The zero-order valence-corrected chi connectivity index (χ0v) is 14.4. The van der Waals surface area contributed by atoms with E-state index in [4.69, 9.17) is 16.3 Å². The molecule has 128 valence electrons. The number of carbonyl (C=O) groups excluding carboxylic acids is 1. The highest BCUT2D eigenvalue weighted by Crippen LogP contribution is 2.16. The van der Waals surface area contributed by atoms with Gasteiger partial charge >= 0.3 is 0 Å². The van der Waals surface area contributed by atoms with Crippen LogP contribution in [0.1, 0.15) is 25.3 Å². The summed E-state index contributed by atoms with van der Waals surface area (Å²) in [5, 5.41) is 3.62. The van der Waals surface area contributed by atoms with Crippen LogP contribution in [0.15, 0.2) is 48.5 Å². The molecule has 0 saturated carbocycles. The second-order valence-corrected chi connectivity index (χ2v) is 5.86. The summed E-state index contributed by atoms with van der Waals surface area (Å²) in [6.45, 7) is 2.42. The quantitative estimate of drug-likeness (QED) is 0.718. The second kappa shape index (κ2) is 9.28. The van der Waals surface area contributed by atoms with Crippen LogP contribution >= 0.6 is 11.6 Å². The van der Waals surface area contributed by atoms with Gasteiger partial charge in [0.25, 0.3) is 5.91 Å². The van der Waals surface area contributed by atoms with Crippen molar-refractivity contribution in [3.63, 3.8) is 0 Å². The van der Waals surface area contributed by atoms with E-state index in [9.17, 15) is 9.18 Å². The van der Waals surface area contributed by atoms with Gasteiger partial charge in [0.15, 0.2) is 6.10 Å². The first-order valence-corrected chi connectivity index (χ1v) is 8.41. The first-order valence-electron chi connectivity index (χ1n) is 8.03. The fraction of sp³-hybridized carbons (Fsp3) is 0.316. The topological polar surface area (TPSA) is 38.3 Å². The fourth-order valence-corrected chi connectivity index (χ4v) is 2.54. The summed E-state index contributed by atoms with van der Waals surface area (Å²) in [4.78, 5) is 12.2. The number of halogens is 2. The van der Waals surface area contributed by atoms with Crippen molar-refractivity contribution in [2.75, 3.05) is 6.54 Å². The highest BCUT2D eigenvalue weighted by Gasteiger charge is 2.17. The van der Waals surface area contributed by atoms with Gasteiger partial charge in [0.2, 0.25) is 0 Å². The predicted molar refractivity (Wildman–Crippen MR) is 93.9 cm³/mol. The van der Waals surface area contributed by atoms with Crippen molar-refractivity contribution in [2.24, 2.45) is 0 Å². The predicted octanol–water partition coefficient (Wildman–Crippen LogP) is 4.39. The standard InChI is InChI=1S/C19H21ClFNO2/c1-2-18(24-16-11-9-15(21)10-12-16)19(23)22-13-5-7-14-6-3-4-8-17(14)20/h3-4,6,8-12,18H,2,5,7,13H2,1H3,(H,22,23)/t18-/m0/s1. The minimum Gasteiger partial charge on any atom is -0.481 e. The number of hydrogen-bond acceptors (Lipinski definition) is 2. The lowest BCUT2D eigenvalue weighted by Crippen LogP contribution is -2.38. The van der Waals surface area contributed by atoms with Gasteiger partial charge in [-0.15, -0.1) is 0 Å². The zero-order valence-electron chi connectivity index (χ0n) is 13.6. The van der Waals surface area contributed by atoms with Crippen molar-refractivity contribution in [2.45, 2.75) is 32.3 Å². The van der Waals surface area contributed by atoms with Crippen LogP contribution in [0.4, 0.5) is 4.39 Å². The molecule has 2 aromatic carbocycles. The average molecular weight is 350 g/mol. The molecule has 1 atom stereocenters. The molecular formula is C19H21ClFNO2. The van der Waals surface area contributed by atoms with E-state index in [0.717, 1.165) is 23.4 Å². The Morgan fingerprint density at radius 2 is 1.92 bits per heavy atom. The van der Waals surface area contributed by atoms with Gasteiger partial charge in [-0.1, -0.05) is 36.7 Å². The maximum absolute atomic E-state index is 12.9. The van der Waals surface area contributed by atoms with Crippen molar-refractivity contribution in [3.05, 3.63) is 64.9 Å². The maximum Gasteiger partial charge on any atom is 0.261 e. The molecule has 5 heteroatoms. The molecule has 0 saturated heterocycles. The third kappa shape index (κ3) is 5.53. The van der Waals surface area contributed by atoms with Crippen molar-refractivity contribution in [1.29, 1.82) is 0 Å². The van der Waals surface area contributed by atoms with Gasteiger partial charge in [0.05, 0.1) is 0 Å². The Morgan fingerprint density at radius 1 is 1.21 bits per heavy atom. The Kier molecular flexibility index (Phi) is 7.07. The van der Waals surface area contributed by atoms with Gasteiger partial charge < -0.3 is 10.1 Å². The SMILES string of the molecule is CC[C@H](Oc1ccc(F)cc1)C(=O)NCCCc1ccccc1Cl. The number of hydrogen-bond donors (Lipinski definition) is 1. The Balaban J connectivity index is 1.77. The lowest BCUT2D eigenvalue weighted by Gasteiger charge is -2.17. The van der Waals surface area contributed by atoms with Gasteiger partial charge in [-0.05, 0) is 55.2 Å². The Labute approximate surface area is 146 Å². The monoisotopic (exact) mass is 349 g/mol. The van der Waals surface area contributed by atoms with Crippen LogP contribution in [-0.4, -0.2) is 18.6 Å². The first kappa shape index (κ1) is 18.3. The normalized spacial score (nSPS) is 11.8. The fourth-order valence-electron chi connectivity index (χ4n) is 2.31. The Bertz CT molecular complexity index is 661. The summed E-state index contributed by atoms with van der Waals surface area (Å²) in [7, 11) is 0. The molecule has 0 aromatic heterocycles. The Hall–Kier alpha value is -2.07. The van der Waals surface area contributed by atoms with E-state index in [2.05, 4.69) is 5.32 Å². The van der Waals surface area contributed by atoms with E-state index in [1.165, 1.54) is 24.3 Å². The van der Waals surface area contributed by atoms with Crippen LogP contribution in [0.5, 0.6) is 5.75 Å². The lowest BCUT2D eigenvalue weighted by molar-refractivity contribution is -0.128. The summed E-state index contributed by atoms with van der Waals surface area (Å²) in [6, 6.07) is 13.3. The van der Waals surface area contributed by atoms with Crippen LogP contribution in [-0.2, 0) is 11.2 Å².